The lowest BCUT2D eigenvalue weighted by Crippen LogP contribution is -2.53. The lowest BCUT2D eigenvalue weighted by molar-refractivity contribution is -0.253. The molecule has 1 heterocycles. The Morgan fingerprint density at radius 2 is 1.78 bits per heavy atom. The van der Waals surface area contributed by atoms with Gasteiger partial charge in [0, 0.05) is 24.7 Å². The number of hydrogen-bond acceptors (Lipinski definition) is 3. The van der Waals surface area contributed by atoms with E-state index in [1.807, 2.05) is 0 Å². The fraction of sp³-hybridized carbons (Fsp3) is 0.280. The molecule has 3 rings (SSSR count). The maximum atomic E-state index is 14.7. The average Bonchev–Trinajstić information content (AvgIpc) is 2.78. The summed E-state index contributed by atoms with van der Waals surface area (Å²) in [5.74, 6) is -1.90. The highest BCUT2D eigenvalue weighted by molar-refractivity contribution is 6.30. The minimum Gasteiger partial charge on any atom is -0.428 e. The van der Waals surface area contributed by atoms with Crippen molar-refractivity contribution >= 4 is 17.6 Å². The number of halogens is 6. The van der Waals surface area contributed by atoms with Gasteiger partial charge in [0.05, 0.1) is 10.7 Å². The van der Waals surface area contributed by atoms with Gasteiger partial charge in [-0.05, 0) is 49.2 Å². The van der Waals surface area contributed by atoms with Crippen molar-refractivity contribution in [3.05, 3.63) is 94.5 Å². The maximum absolute atomic E-state index is 14.7. The first-order valence-corrected chi connectivity index (χ1v) is 11.2. The van der Waals surface area contributed by atoms with Gasteiger partial charge < -0.3 is 15.4 Å². The fourth-order valence-electron chi connectivity index (χ4n) is 3.61. The van der Waals surface area contributed by atoms with E-state index in [1.54, 1.807) is 44.2 Å². The topological polar surface area (TPSA) is 63.2 Å². The summed E-state index contributed by atoms with van der Waals surface area (Å²) >= 11 is 6.00. The molecule has 2 aromatic carbocycles. The van der Waals surface area contributed by atoms with Gasteiger partial charge in [-0.25, -0.2) is 9.18 Å². The molecule has 0 radical (unpaired) electrons. The molecule has 0 bridgehead atoms. The predicted octanol–water partition coefficient (Wildman–Crippen LogP) is 6.30. The lowest BCUT2D eigenvalue weighted by atomic mass is 9.80. The maximum Gasteiger partial charge on any atom is 0.461 e. The number of alkyl halides is 4. The van der Waals surface area contributed by atoms with E-state index in [0.717, 1.165) is 12.1 Å². The first-order valence-electron chi connectivity index (χ1n) is 10.8. The lowest BCUT2D eigenvalue weighted by Gasteiger charge is -2.36. The Balaban J connectivity index is 2.25. The zero-order chi connectivity index (χ0) is 26.5. The van der Waals surface area contributed by atoms with Crippen LogP contribution in [0.25, 0.3) is 0 Å². The summed E-state index contributed by atoms with van der Waals surface area (Å²) in [6.45, 7) is 3.44. The molecule has 0 unspecified atom stereocenters. The van der Waals surface area contributed by atoms with E-state index < -0.39 is 35.7 Å². The van der Waals surface area contributed by atoms with Crippen molar-refractivity contribution in [3.8, 4) is 5.75 Å². The highest BCUT2D eigenvalue weighted by Crippen LogP contribution is 2.37. The number of benzene rings is 2. The van der Waals surface area contributed by atoms with Gasteiger partial charge in [0.1, 0.15) is 17.1 Å². The monoisotopic (exact) mass is 527 g/mol. The van der Waals surface area contributed by atoms with Crippen molar-refractivity contribution < 1.29 is 31.5 Å². The zero-order valence-electron chi connectivity index (χ0n) is 19.2. The third-order valence-electron chi connectivity index (χ3n) is 5.10. The van der Waals surface area contributed by atoms with Crippen LogP contribution >= 0.6 is 11.6 Å². The van der Waals surface area contributed by atoms with Crippen molar-refractivity contribution in [2.75, 3.05) is 0 Å². The van der Waals surface area contributed by atoms with Crippen molar-refractivity contribution in [3.63, 3.8) is 0 Å². The first kappa shape index (κ1) is 27.2. The largest absolute Gasteiger partial charge is 0.461 e. The van der Waals surface area contributed by atoms with Gasteiger partial charge in [-0.1, -0.05) is 41.9 Å². The molecule has 0 saturated heterocycles. The molecule has 2 N–H and O–H groups in total. The van der Waals surface area contributed by atoms with Gasteiger partial charge in [0.2, 0.25) is 0 Å². The summed E-state index contributed by atoms with van der Waals surface area (Å²) in [4.78, 5) is 17.3. The van der Waals surface area contributed by atoms with Crippen LogP contribution in [0.15, 0.2) is 66.9 Å². The van der Waals surface area contributed by atoms with Crippen LogP contribution in [0.1, 0.15) is 30.7 Å². The Morgan fingerprint density at radius 1 is 1.08 bits per heavy atom. The number of carbonyl (C=O) groups is 1. The second-order valence-corrected chi connectivity index (χ2v) is 8.76. The van der Waals surface area contributed by atoms with E-state index in [0.29, 0.717) is 11.6 Å². The van der Waals surface area contributed by atoms with Crippen molar-refractivity contribution in [2.45, 2.75) is 44.4 Å². The van der Waals surface area contributed by atoms with E-state index in [4.69, 9.17) is 11.6 Å². The first-order chi connectivity index (χ1) is 16.9. The smallest absolute Gasteiger partial charge is 0.428 e. The summed E-state index contributed by atoms with van der Waals surface area (Å²) in [6.07, 6.45) is -7.72. The Bertz CT molecular complexity index is 1180. The number of nitrogens with one attached hydrogen (secondary N) is 2. The van der Waals surface area contributed by atoms with Crippen LogP contribution in [0, 0.1) is 5.82 Å². The third kappa shape index (κ3) is 6.63. The van der Waals surface area contributed by atoms with E-state index in [9.17, 15) is 26.7 Å². The standard InChI is InChI=1S/C25H23ClF5N3O2/c1-15(2)33-23(35)34-24(13-16-6-4-3-5-7-16,21-9-8-18(26)14-32-21)17-10-19(27)12-20(11-17)36-25(30,31)22(28)29/h3-12,14-15,22H,13H2,1-2H3,(H2,33,34,35)/t24-/m1/s1. The number of carbonyl (C=O) groups excluding carboxylic acids is 1. The molecule has 0 fully saturated rings. The second kappa shape index (κ2) is 11.1. The number of amides is 2. The van der Waals surface area contributed by atoms with Crippen LogP contribution in [-0.4, -0.2) is 29.6 Å². The number of urea groups is 1. The van der Waals surface area contributed by atoms with Gasteiger partial charge in [0.15, 0.2) is 0 Å². The summed E-state index contributed by atoms with van der Waals surface area (Å²) in [5.41, 5.74) is -0.860. The molecule has 192 valence electrons. The molecule has 0 aliphatic heterocycles. The third-order valence-corrected chi connectivity index (χ3v) is 5.32. The van der Waals surface area contributed by atoms with Crippen LogP contribution in [0.3, 0.4) is 0 Å². The number of rotatable bonds is 9. The number of pyridine rings is 1. The predicted molar refractivity (Wildman–Crippen MR) is 125 cm³/mol. The van der Waals surface area contributed by atoms with Crippen LogP contribution in [0.4, 0.5) is 26.7 Å². The summed E-state index contributed by atoms with van der Waals surface area (Å²) in [7, 11) is 0. The van der Waals surface area contributed by atoms with Crippen molar-refractivity contribution in [1.82, 2.24) is 15.6 Å². The summed E-state index contributed by atoms with van der Waals surface area (Å²) in [6, 6.07) is 13.3. The highest BCUT2D eigenvalue weighted by Gasteiger charge is 2.45. The molecule has 0 aliphatic carbocycles. The normalized spacial score (nSPS) is 13.4. The molecule has 1 atom stereocenters. The quantitative estimate of drug-likeness (QED) is 0.321. The van der Waals surface area contributed by atoms with E-state index in [1.165, 1.54) is 18.3 Å². The molecule has 0 saturated carbocycles. The van der Waals surface area contributed by atoms with Crippen LogP contribution in [0.2, 0.25) is 5.02 Å². The Labute approximate surface area is 209 Å². The minimum atomic E-state index is -4.87. The molecule has 5 nitrogen and oxygen atoms in total. The van der Waals surface area contributed by atoms with E-state index in [-0.39, 0.29) is 28.7 Å². The van der Waals surface area contributed by atoms with Gasteiger partial charge in [-0.3, -0.25) is 4.98 Å². The van der Waals surface area contributed by atoms with E-state index >= 15 is 0 Å². The van der Waals surface area contributed by atoms with Gasteiger partial charge in [-0.2, -0.15) is 17.6 Å². The molecule has 36 heavy (non-hydrogen) atoms. The minimum absolute atomic E-state index is 0.0118. The van der Waals surface area contributed by atoms with Crippen molar-refractivity contribution in [2.24, 2.45) is 0 Å². The Morgan fingerprint density at radius 3 is 2.36 bits per heavy atom. The molecular formula is C25H23ClF5N3O2. The number of nitrogens with zero attached hydrogens (tertiary/aromatic N) is 1. The van der Waals surface area contributed by atoms with E-state index in [2.05, 4.69) is 20.4 Å². The Hall–Kier alpha value is -3.40. The average molecular weight is 528 g/mol. The van der Waals surface area contributed by atoms with Gasteiger partial charge in [-0.15, -0.1) is 0 Å². The Kier molecular flexibility index (Phi) is 8.39. The molecule has 2 amide bonds. The highest BCUT2D eigenvalue weighted by atomic mass is 35.5. The summed E-state index contributed by atoms with van der Waals surface area (Å²) in [5, 5.41) is 5.73. The fourth-order valence-corrected chi connectivity index (χ4v) is 3.72. The summed E-state index contributed by atoms with van der Waals surface area (Å²) < 4.78 is 71.7. The zero-order valence-corrected chi connectivity index (χ0v) is 20.0. The number of ether oxygens (including phenoxy) is 1. The molecule has 11 heteroatoms. The SMILES string of the molecule is CC(C)NC(=O)N[C@](Cc1ccccc1)(c1cc(F)cc(OC(F)(F)C(F)F)c1)c1ccc(Cl)cn1. The number of hydrogen-bond donors (Lipinski definition) is 2. The molecule has 0 spiro atoms. The van der Waals surface area contributed by atoms with Gasteiger partial charge in [0.25, 0.3) is 0 Å². The van der Waals surface area contributed by atoms with Crippen LogP contribution in [-0.2, 0) is 12.0 Å². The molecule has 1 aromatic heterocycles. The van der Waals surface area contributed by atoms with Gasteiger partial charge >= 0.3 is 18.6 Å². The van der Waals surface area contributed by atoms with Crippen molar-refractivity contribution in [1.29, 1.82) is 0 Å². The number of aromatic nitrogens is 1. The van der Waals surface area contributed by atoms with Crippen LogP contribution < -0.4 is 15.4 Å². The second-order valence-electron chi connectivity index (χ2n) is 8.32. The molecular weight excluding hydrogens is 505 g/mol. The van der Waals surface area contributed by atoms with Crippen LogP contribution in [0.5, 0.6) is 5.75 Å². The molecule has 3 aromatic rings. The molecule has 0 aliphatic rings.